The van der Waals surface area contributed by atoms with Crippen molar-refractivity contribution in [1.29, 1.82) is 5.41 Å². The molecule has 18 heavy (non-hydrogen) atoms. The third kappa shape index (κ3) is 2.67. The number of piperidine rings is 1. The number of likely N-dealkylation sites (tertiary alicyclic amines) is 1. The monoisotopic (exact) mass is 249 g/mol. The standard InChI is InChI=1S/C13H16FN3O/c14-11-5-3-9(4-6-11)13(18)17-7-1-2-10(8-17)12(15)16/h3-6,10H,1-2,7-8H2,(H3,15,16)/t10-/m0/s1. The highest BCUT2D eigenvalue weighted by atomic mass is 19.1. The number of carbonyl (C=O) groups is 1. The molecule has 1 aromatic rings. The molecule has 0 saturated carbocycles. The summed E-state index contributed by atoms with van der Waals surface area (Å²) in [5.74, 6) is -0.400. The molecule has 96 valence electrons. The Bertz CT molecular complexity index is 458. The zero-order valence-electron chi connectivity index (χ0n) is 10.0. The molecule has 1 fully saturated rings. The van der Waals surface area contributed by atoms with Crippen molar-refractivity contribution in [3.63, 3.8) is 0 Å². The van der Waals surface area contributed by atoms with Gasteiger partial charge in [-0.3, -0.25) is 10.2 Å². The van der Waals surface area contributed by atoms with Crippen molar-refractivity contribution in [3.8, 4) is 0 Å². The predicted molar refractivity (Wildman–Crippen MR) is 66.9 cm³/mol. The van der Waals surface area contributed by atoms with Gasteiger partial charge in [-0.15, -0.1) is 0 Å². The molecule has 1 saturated heterocycles. The minimum absolute atomic E-state index is 0.0526. The second kappa shape index (κ2) is 5.16. The lowest BCUT2D eigenvalue weighted by Gasteiger charge is -2.32. The normalized spacial score (nSPS) is 19.6. The first-order chi connectivity index (χ1) is 8.58. The van der Waals surface area contributed by atoms with E-state index in [1.54, 1.807) is 4.90 Å². The number of nitrogens with one attached hydrogen (secondary N) is 1. The van der Waals surface area contributed by atoms with E-state index in [2.05, 4.69) is 0 Å². The van der Waals surface area contributed by atoms with E-state index in [-0.39, 0.29) is 23.5 Å². The number of nitrogens with two attached hydrogens (primary N) is 1. The quantitative estimate of drug-likeness (QED) is 0.617. The molecule has 1 amide bonds. The van der Waals surface area contributed by atoms with Crippen LogP contribution in [-0.2, 0) is 0 Å². The average Bonchev–Trinajstić information content (AvgIpc) is 2.39. The highest BCUT2D eigenvalue weighted by Gasteiger charge is 2.25. The lowest BCUT2D eigenvalue weighted by Crippen LogP contribution is -2.43. The van der Waals surface area contributed by atoms with Crippen LogP contribution in [0.1, 0.15) is 23.2 Å². The summed E-state index contributed by atoms with van der Waals surface area (Å²) < 4.78 is 12.8. The molecule has 1 atom stereocenters. The first-order valence-corrected chi connectivity index (χ1v) is 5.96. The molecular weight excluding hydrogens is 233 g/mol. The second-order valence-corrected chi connectivity index (χ2v) is 4.55. The SMILES string of the molecule is N=C(N)[C@H]1CCCN(C(=O)c2ccc(F)cc2)C1. The van der Waals surface area contributed by atoms with Crippen LogP contribution >= 0.6 is 0 Å². The van der Waals surface area contributed by atoms with E-state index >= 15 is 0 Å². The van der Waals surface area contributed by atoms with Crippen LogP contribution < -0.4 is 5.73 Å². The first-order valence-electron chi connectivity index (χ1n) is 5.96. The molecule has 5 heteroatoms. The molecule has 4 nitrogen and oxygen atoms in total. The lowest BCUT2D eigenvalue weighted by atomic mass is 9.96. The van der Waals surface area contributed by atoms with Crippen molar-refractivity contribution >= 4 is 11.7 Å². The molecule has 1 aliphatic heterocycles. The first kappa shape index (κ1) is 12.5. The number of carbonyl (C=O) groups excluding carboxylic acids is 1. The Morgan fingerprint density at radius 3 is 2.67 bits per heavy atom. The van der Waals surface area contributed by atoms with E-state index < -0.39 is 0 Å². The van der Waals surface area contributed by atoms with Crippen LogP contribution in [0.3, 0.4) is 0 Å². The van der Waals surface area contributed by atoms with Crippen LogP contribution in [0.25, 0.3) is 0 Å². The highest BCUT2D eigenvalue weighted by molar-refractivity contribution is 5.94. The number of hydrogen-bond acceptors (Lipinski definition) is 2. The fourth-order valence-electron chi connectivity index (χ4n) is 2.19. The molecule has 2 rings (SSSR count). The van der Waals surface area contributed by atoms with Crippen molar-refractivity contribution in [3.05, 3.63) is 35.6 Å². The third-order valence-corrected chi connectivity index (χ3v) is 3.24. The van der Waals surface area contributed by atoms with Gasteiger partial charge >= 0.3 is 0 Å². The summed E-state index contributed by atoms with van der Waals surface area (Å²) in [6.45, 7) is 1.14. The maximum Gasteiger partial charge on any atom is 0.253 e. The summed E-state index contributed by atoms with van der Waals surface area (Å²) >= 11 is 0. The Balaban J connectivity index is 2.09. The Kier molecular flexibility index (Phi) is 3.60. The van der Waals surface area contributed by atoms with Crippen molar-refractivity contribution in [2.24, 2.45) is 11.7 Å². The fraction of sp³-hybridized carbons (Fsp3) is 0.385. The molecule has 1 heterocycles. The maximum absolute atomic E-state index is 12.8. The van der Waals surface area contributed by atoms with Crippen LogP contribution in [0.5, 0.6) is 0 Å². The minimum atomic E-state index is -0.355. The van der Waals surface area contributed by atoms with Gasteiger partial charge in [-0.1, -0.05) is 0 Å². The Labute approximate surface area is 105 Å². The number of amides is 1. The smallest absolute Gasteiger partial charge is 0.253 e. The minimum Gasteiger partial charge on any atom is -0.387 e. The summed E-state index contributed by atoms with van der Waals surface area (Å²) in [4.78, 5) is 13.9. The molecule has 1 aromatic carbocycles. The number of amidine groups is 1. The van der Waals surface area contributed by atoms with Gasteiger partial charge in [-0.25, -0.2) is 4.39 Å². The summed E-state index contributed by atoms with van der Waals surface area (Å²) in [7, 11) is 0. The van der Waals surface area contributed by atoms with Crippen molar-refractivity contribution in [2.45, 2.75) is 12.8 Å². The Hall–Kier alpha value is -1.91. The van der Waals surface area contributed by atoms with Gasteiger partial charge in [0.2, 0.25) is 0 Å². The molecule has 0 spiro atoms. The fourth-order valence-corrected chi connectivity index (χ4v) is 2.19. The molecule has 0 aromatic heterocycles. The molecule has 0 unspecified atom stereocenters. The third-order valence-electron chi connectivity index (χ3n) is 3.24. The van der Waals surface area contributed by atoms with Gasteiger partial charge in [0.1, 0.15) is 5.82 Å². The Morgan fingerprint density at radius 1 is 1.39 bits per heavy atom. The van der Waals surface area contributed by atoms with Crippen LogP contribution in [-0.4, -0.2) is 29.7 Å². The zero-order chi connectivity index (χ0) is 13.1. The summed E-state index contributed by atoms with van der Waals surface area (Å²) in [6, 6.07) is 5.52. The zero-order valence-corrected chi connectivity index (χ0v) is 10.0. The number of nitrogens with zero attached hydrogens (tertiary/aromatic N) is 1. The topological polar surface area (TPSA) is 70.2 Å². The Morgan fingerprint density at radius 2 is 2.06 bits per heavy atom. The largest absolute Gasteiger partial charge is 0.387 e. The molecular formula is C13H16FN3O. The molecule has 3 N–H and O–H groups in total. The van der Waals surface area contributed by atoms with E-state index in [1.807, 2.05) is 0 Å². The number of benzene rings is 1. The maximum atomic E-state index is 12.8. The van der Waals surface area contributed by atoms with Crippen LogP contribution in [0.4, 0.5) is 4.39 Å². The van der Waals surface area contributed by atoms with Gasteiger partial charge in [0.25, 0.3) is 5.91 Å². The van der Waals surface area contributed by atoms with E-state index in [9.17, 15) is 9.18 Å². The van der Waals surface area contributed by atoms with Gasteiger partial charge < -0.3 is 10.6 Å². The molecule has 0 aliphatic carbocycles. The highest BCUT2D eigenvalue weighted by Crippen LogP contribution is 2.18. The van der Waals surface area contributed by atoms with Gasteiger partial charge in [-0.05, 0) is 37.1 Å². The number of halogens is 1. The van der Waals surface area contributed by atoms with Crippen LogP contribution in [0, 0.1) is 17.1 Å². The van der Waals surface area contributed by atoms with Gasteiger partial charge in [0.05, 0.1) is 5.84 Å². The lowest BCUT2D eigenvalue weighted by molar-refractivity contribution is 0.0702. The average molecular weight is 249 g/mol. The van der Waals surface area contributed by atoms with Crippen molar-refractivity contribution in [2.75, 3.05) is 13.1 Å². The van der Waals surface area contributed by atoms with Gasteiger partial charge in [0, 0.05) is 24.6 Å². The summed E-state index contributed by atoms with van der Waals surface area (Å²) in [5.41, 5.74) is 5.96. The molecule has 1 aliphatic rings. The van der Waals surface area contributed by atoms with E-state index in [0.29, 0.717) is 18.7 Å². The van der Waals surface area contributed by atoms with Gasteiger partial charge in [-0.2, -0.15) is 0 Å². The van der Waals surface area contributed by atoms with Crippen molar-refractivity contribution in [1.82, 2.24) is 4.90 Å². The van der Waals surface area contributed by atoms with Gasteiger partial charge in [0.15, 0.2) is 0 Å². The van der Waals surface area contributed by atoms with Crippen molar-refractivity contribution < 1.29 is 9.18 Å². The summed E-state index contributed by atoms with van der Waals surface area (Å²) in [6.07, 6.45) is 1.69. The van der Waals surface area contributed by atoms with Crippen LogP contribution in [0.2, 0.25) is 0 Å². The summed E-state index contributed by atoms with van der Waals surface area (Å²) in [5, 5.41) is 7.44. The van der Waals surface area contributed by atoms with Crippen LogP contribution in [0.15, 0.2) is 24.3 Å². The molecule has 0 bridgehead atoms. The number of rotatable bonds is 2. The van der Waals surface area contributed by atoms with E-state index in [1.165, 1.54) is 24.3 Å². The predicted octanol–water partition coefficient (Wildman–Crippen LogP) is 1.61. The molecule has 0 radical (unpaired) electrons. The number of hydrogen-bond donors (Lipinski definition) is 2. The second-order valence-electron chi connectivity index (χ2n) is 4.55. The van der Waals surface area contributed by atoms with E-state index in [0.717, 1.165) is 12.8 Å². The van der Waals surface area contributed by atoms with E-state index in [4.69, 9.17) is 11.1 Å².